The highest BCUT2D eigenvalue weighted by atomic mass is 16.2. The fourth-order valence-corrected chi connectivity index (χ4v) is 5.63. The van der Waals surface area contributed by atoms with E-state index in [4.69, 9.17) is 0 Å². The molecule has 180 valence electrons. The third-order valence-corrected chi connectivity index (χ3v) is 7.48. The second-order valence-electron chi connectivity index (χ2n) is 9.54. The molecule has 4 heterocycles. The van der Waals surface area contributed by atoms with Crippen LogP contribution in [-0.4, -0.2) is 66.7 Å². The van der Waals surface area contributed by atoms with Gasteiger partial charge >= 0.3 is 0 Å². The number of aromatic nitrogens is 3. The molecule has 1 saturated heterocycles. The van der Waals surface area contributed by atoms with E-state index in [2.05, 4.69) is 20.1 Å². The predicted octanol–water partition coefficient (Wildman–Crippen LogP) is 0.993. The lowest BCUT2D eigenvalue weighted by atomic mass is 10.0. The Balaban J connectivity index is 1.21. The highest BCUT2D eigenvalue weighted by molar-refractivity contribution is 6.24. The number of benzene rings is 1. The second-order valence-corrected chi connectivity index (χ2v) is 9.54. The van der Waals surface area contributed by atoms with Gasteiger partial charge in [-0.05, 0) is 37.5 Å². The average Bonchev–Trinajstić information content (AvgIpc) is 3.58. The van der Waals surface area contributed by atoms with Gasteiger partial charge in [0.15, 0.2) is 5.82 Å². The Labute approximate surface area is 200 Å². The van der Waals surface area contributed by atoms with Gasteiger partial charge in [0.25, 0.3) is 17.7 Å². The quantitative estimate of drug-likeness (QED) is 0.653. The van der Waals surface area contributed by atoms with Crippen LogP contribution in [0, 0.1) is 0 Å². The van der Waals surface area contributed by atoms with Crippen LogP contribution in [-0.2, 0) is 22.7 Å². The van der Waals surface area contributed by atoms with Crippen LogP contribution in [0.15, 0.2) is 18.2 Å². The van der Waals surface area contributed by atoms with Gasteiger partial charge in [0, 0.05) is 31.0 Å². The van der Waals surface area contributed by atoms with E-state index in [1.807, 2.05) is 0 Å². The van der Waals surface area contributed by atoms with Gasteiger partial charge in [0.1, 0.15) is 11.9 Å². The second kappa shape index (κ2) is 8.10. The Hall–Kier alpha value is -3.89. The Bertz CT molecular complexity index is 1290. The smallest absolute Gasteiger partial charge is 0.262 e. The van der Waals surface area contributed by atoms with E-state index in [9.17, 15) is 24.0 Å². The number of piperidine rings is 1. The molecule has 1 aliphatic carbocycles. The summed E-state index contributed by atoms with van der Waals surface area (Å²) in [6, 6.07) is 3.37. The summed E-state index contributed by atoms with van der Waals surface area (Å²) in [7, 11) is 0. The summed E-state index contributed by atoms with van der Waals surface area (Å²) in [5.41, 5.74) is 0.532. The number of hydrogen-bond donors (Lipinski definition) is 1. The number of nitrogens with one attached hydrogen (secondary N) is 1. The highest BCUT2D eigenvalue weighted by Crippen LogP contribution is 2.34. The van der Waals surface area contributed by atoms with Crippen molar-refractivity contribution in [1.29, 1.82) is 0 Å². The van der Waals surface area contributed by atoms with Crippen LogP contribution in [0.2, 0.25) is 0 Å². The molecule has 1 saturated carbocycles. The van der Waals surface area contributed by atoms with Gasteiger partial charge in [0.2, 0.25) is 11.8 Å². The Morgan fingerprint density at radius 3 is 2.49 bits per heavy atom. The minimum Gasteiger partial charge on any atom is -0.329 e. The van der Waals surface area contributed by atoms with Crippen molar-refractivity contribution in [1.82, 2.24) is 29.9 Å². The van der Waals surface area contributed by atoms with Crippen molar-refractivity contribution < 1.29 is 24.0 Å². The third-order valence-electron chi connectivity index (χ3n) is 7.48. The molecule has 11 nitrogen and oxygen atoms in total. The van der Waals surface area contributed by atoms with Crippen LogP contribution in [0.5, 0.6) is 0 Å². The van der Waals surface area contributed by atoms with Crippen molar-refractivity contribution in [2.75, 3.05) is 6.54 Å². The van der Waals surface area contributed by atoms with Gasteiger partial charge in [-0.2, -0.15) is 0 Å². The molecule has 0 spiro atoms. The van der Waals surface area contributed by atoms with E-state index in [1.165, 1.54) is 31.0 Å². The molecule has 1 atom stereocenters. The molecule has 1 aromatic heterocycles. The van der Waals surface area contributed by atoms with Gasteiger partial charge in [0.05, 0.1) is 17.7 Å². The summed E-state index contributed by atoms with van der Waals surface area (Å²) in [4.78, 5) is 65.5. The van der Waals surface area contributed by atoms with Crippen LogP contribution in [0.4, 0.5) is 0 Å². The van der Waals surface area contributed by atoms with E-state index in [-0.39, 0.29) is 29.9 Å². The zero-order chi connectivity index (χ0) is 24.3. The lowest BCUT2D eigenvalue weighted by molar-refractivity contribution is -0.136. The zero-order valence-corrected chi connectivity index (χ0v) is 19.0. The third kappa shape index (κ3) is 3.44. The molecular formula is C24H24N6O5. The van der Waals surface area contributed by atoms with Crippen LogP contribution in [0.25, 0.3) is 0 Å². The van der Waals surface area contributed by atoms with Crippen LogP contribution >= 0.6 is 0 Å². The highest BCUT2D eigenvalue weighted by Gasteiger charge is 2.45. The van der Waals surface area contributed by atoms with Gasteiger partial charge < -0.3 is 9.47 Å². The van der Waals surface area contributed by atoms with Gasteiger partial charge in [-0.15, -0.1) is 10.2 Å². The van der Waals surface area contributed by atoms with E-state index in [1.54, 1.807) is 4.90 Å². The molecule has 1 N–H and O–H groups in total. The molecule has 5 amide bonds. The number of nitrogens with zero attached hydrogens (tertiary/aromatic N) is 5. The lowest BCUT2D eigenvalue weighted by Crippen LogP contribution is -2.54. The maximum Gasteiger partial charge on any atom is 0.262 e. The summed E-state index contributed by atoms with van der Waals surface area (Å²) in [5, 5.41) is 10.9. The Kier molecular flexibility index (Phi) is 5.01. The monoisotopic (exact) mass is 476 g/mol. The Morgan fingerprint density at radius 2 is 1.71 bits per heavy atom. The summed E-state index contributed by atoms with van der Waals surface area (Å²) >= 11 is 0. The molecule has 11 heteroatoms. The van der Waals surface area contributed by atoms with E-state index in [0.717, 1.165) is 29.4 Å². The van der Waals surface area contributed by atoms with Crippen LogP contribution in [0.1, 0.15) is 87.2 Å². The molecule has 35 heavy (non-hydrogen) atoms. The fraction of sp³-hybridized carbons (Fsp3) is 0.458. The molecule has 2 aromatic rings. The number of carbonyl (C=O) groups is 5. The van der Waals surface area contributed by atoms with Crippen molar-refractivity contribution in [2.24, 2.45) is 0 Å². The normalized spacial score (nSPS) is 22.5. The fourth-order valence-electron chi connectivity index (χ4n) is 5.63. The lowest BCUT2D eigenvalue weighted by Gasteiger charge is -2.28. The molecule has 6 rings (SSSR count). The van der Waals surface area contributed by atoms with Gasteiger partial charge in [-0.1, -0.05) is 12.8 Å². The molecule has 3 aliphatic heterocycles. The number of amides is 5. The van der Waals surface area contributed by atoms with Gasteiger partial charge in [-0.25, -0.2) is 0 Å². The van der Waals surface area contributed by atoms with Gasteiger partial charge in [-0.3, -0.25) is 34.2 Å². The summed E-state index contributed by atoms with van der Waals surface area (Å²) in [6.45, 7) is 1.44. The van der Waals surface area contributed by atoms with E-state index < -0.39 is 29.7 Å². The maximum atomic E-state index is 13.3. The van der Waals surface area contributed by atoms with Crippen molar-refractivity contribution in [3.05, 3.63) is 46.5 Å². The number of imide groups is 2. The van der Waals surface area contributed by atoms with Crippen LogP contribution < -0.4 is 5.32 Å². The first-order valence-corrected chi connectivity index (χ1v) is 12.0. The molecular weight excluding hydrogens is 452 g/mol. The molecule has 2 fully saturated rings. The molecule has 1 unspecified atom stereocenters. The molecule has 1 aromatic carbocycles. The van der Waals surface area contributed by atoms with Crippen molar-refractivity contribution in [3.8, 4) is 0 Å². The maximum absolute atomic E-state index is 13.3. The molecule has 4 aliphatic rings. The minimum absolute atomic E-state index is 0.0512. The standard InChI is InChI=1S/C24H24N6O5/c31-19-8-7-17(21(32)25-19)30-23(34)15-6-5-14(11-16(15)24(30)35)22(33)28-9-10-29-18(12-28)26-27-20(29)13-3-1-2-4-13/h5-6,11,13,17H,1-4,7-10,12H2,(H,25,31,32). The van der Waals surface area contributed by atoms with E-state index in [0.29, 0.717) is 31.1 Å². The topological polar surface area (TPSA) is 135 Å². The Morgan fingerprint density at radius 1 is 0.943 bits per heavy atom. The average molecular weight is 476 g/mol. The summed E-state index contributed by atoms with van der Waals surface area (Å²) in [6.07, 6.45) is 4.79. The first kappa shape index (κ1) is 21.6. The number of rotatable bonds is 3. The van der Waals surface area contributed by atoms with Crippen molar-refractivity contribution in [3.63, 3.8) is 0 Å². The number of carbonyl (C=O) groups excluding carboxylic acids is 5. The van der Waals surface area contributed by atoms with Crippen LogP contribution in [0.3, 0.4) is 0 Å². The summed E-state index contributed by atoms with van der Waals surface area (Å²) < 4.78 is 2.13. The molecule has 0 bridgehead atoms. The predicted molar refractivity (Wildman–Crippen MR) is 119 cm³/mol. The van der Waals surface area contributed by atoms with E-state index >= 15 is 0 Å². The number of fused-ring (bicyclic) bond motifs is 2. The van der Waals surface area contributed by atoms with Crippen molar-refractivity contribution >= 4 is 29.5 Å². The first-order chi connectivity index (χ1) is 16.9. The summed E-state index contributed by atoms with van der Waals surface area (Å²) in [5.74, 6) is -0.374. The SMILES string of the molecule is O=C1CCC(N2C(=O)c3ccc(C(=O)N4CCn5c(nnc5C5CCCC5)C4)cc3C2=O)C(=O)N1. The van der Waals surface area contributed by atoms with Crippen molar-refractivity contribution in [2.45, 2.75) is 63.6 Å². The first-order valence-electron chi connectivity index (χ1n) is 12.0. The zero-order valence-electron chi connectivity index (χ0n) is 19.0. The number of hydrogen-bond acceptors (Lipinski definition) is 7. The largest absolute Gasteiger partial charge is 0.329 e. The minimum atomic E-state index is -1.04. The molecule has 0 radical (unpaired) electrons.